The van der Waals surface area contributed by atoms with Crippen LogP contribution in [0.3, 0.4) is 0 Å². The average molecular weight is 399 g/mol. The van der Waals surface area contributed by atoms with Crippen molar-refractivity contribution in [1.29, 1.82) is 0 Å². The van der Waals surface area contributed by atoms with Crippen LogP contribution in [0.5, 0.6) is 0 Å². The van der Waals surface area contributed by atoms with Crippen LogP contribution in [-0.2, 0) is 17.6 Å². The number of ketones is 1. The number of aryl methyl sites for hydroxylation is 2. The van der Waals surface area contributed by atoms with Gasteiger partial charge in [0.15, 0.2) is 5.78 Å². The lowest BCUT2D eigenvalue weighted by Gasteiger charge is -2.18. The van der Waals surface area contributed by atoms with Crippen LogP contribution in [0.25, 0.3) is 0 Å². The first-order valence-electron chi connectivity index (χ1n) is 11.7. The minimum atomic E-state index is -1.04. The molecule has 0 spiro atoms. The maximum Gasteiger partial charge on any atom is 0.328 e. The SMILES string of the molecule is CCCCCCCCCCCCCCc1ccc2c(c1)C(=O)C(=CC(=O)O)CC2. The Morgan fingerprint density at radius 2 is 1.48 bits per heavy atom. The van der Waals surface area contributed by atoms with E-state index in [1.807, 2.05) is 6.07 Å². The zero-order valence-electron chi connectivity index (χ0n) is 18.2. The summed E-state index contributed by atoms with van der Waals surface area (Å²) in [7, 11) is 0. The Bertz CT molecular complexity index is 687. The van der Waals surface area contributed by atoms with Gasteiger partial charge in [-0.2, -0.15) is 0 Å². The number of unbranched alkanes of at least 4 members (excludes halogenated alkanes) is 11. The minimum Gasteiger partial charge on any atom is -0.478 e. The quantitative estimate of drug-likeness (QED) is 0.269. The van der Waals surface area contributed by atoms with Crippen molar-refractivity contribution in [3.8, 4) is 0 Å². The number of allylic oxidation sites excluding steroid dienone is 1. The molecule has 0 unspecified atom stereocenters. The molecule has 0 saturated carbocycles. The highest BCUT2D eigenvalue weighted by atomic mass is 16.4. The van der Waals surface area contributed by atoms with Crippen molar-refractivity contribution in [3.63, 3.8) is 0 Å². The summed E-state index contributed by atoms with van der Waals surface area (Å²) in [6.45, 7) is 2.26. The first-order chi connectivity index (χ1) is 14.1. The Labute approximate surface area is 176 Å². The van der Waals surface area contributed by atoms with Crippen molar-refractivity contribution in [2.45, 2.75) is 103 Å². The van der Waals surface area contributed by atoms with Crippen LogP contribution < -0.4 is 0 Å². The number of carbonyl (C=O) groups is 2. The Hall–Kier alpha value is -1.90. The highest BCUT2D eigenvalue weighted by Gasteiger charge is 2.22. The highest BCUT2D eigenvalue weighted by Crippen LogP contribution is 2.26. The third kappa shape index (κ3) is 8.55. The lowest BCUT2D eigenvalue weighted by atomic mass is 9.85. The van der Waals surface area contributed by atoms with Gasteiger partial charge in [-0.05, 0) is 42.9 Å². The summed E-state index contributed by atoms with van der Waals surface area (Å²) in [4.78, 5) is 23.5. The molecule has 1 aliphatic rings. The molecule has 1 aromatic carbocycles. The van der Waals surface area contributed by atoms with Crippen LogP contribution in [0.4, 0.5) is 0 Å². The largest absolute Gasteiger partial charge is 0.478 e. The molecule has 1 aromatic rings. The summed E-state index contributed by atoms with van der Waals surface area (Å²) >= 11 is 0. The molecule has 0 amide bonds. The van der Waals surface area contributed by atoms with E-state index in [4.69, 9.17) is 5.11 Å². The number of benzene rings is 1. The van der Waals surface area contributed by atoms with Gasteiger partial charge in [-0.15, -0.1) is 0 Å². The van der Waals surface area contributed by atoms with Crippen molar-refractivity contribution in [3.05, 3.63) is 46.5 Å². The van der Waals surface area contributed by atoms with E-state index in [1.165, 1.54) is 76.2 Å². The van der Waals surface area contributed by atoms with E-state index in [0.717, 1.165) is 30.9 Å². The molecule has 0 aromatic heterocycles. The van der Waals surface area contributed by atoms with Gasteiger partial charge in [-0.1, -0.05) is 89.7 Å². The second-order valence-corrected chi connectivity index (χ2v) is 8.47. The van der Waals surface area contributed by atoms with Gasteiger partial charge in [0, 0.05) is 17.2 Å². The van der Waals surface area contributed by atoms with Gasteiger partial charge in [0.05, 0.1) is 0 Å². The fourth-order valence-corrected chi connectivity index (χ4v) is 4.22. The van der Waals surface area contributed by atoms with Gasteiger partial charge in [-0.25, -0.2) is 4.79 Å². The zero-order valence-corrected chi connectivity index (χ0v) is 18.2. The monoisotopic (exact) mass is 398 g/mol. The molecule has 1 aliphatic carbocycles. The van der Waals surface area contributed by atoms with Crippen LogP contribution in [0.2, 0.25) is 0 Å². The molecule has 1 N–H and O–H groups in total. The average Bonchev–Trinajstić information content (AvgIpc) is 2.71. The molecule has 0 bridgehead atoms. The first-order valence-corrected chi connectivity index (χ1v) is 11.7. The lowest BCUT2D eigenvalue weighted by molar-refractivity contribution is -0.131. The minimum absolute atomic E-state index is 0.106. The first kappa shape index (κ1) is 23.4. The number of hydrogen-bond acceptors (Lipinski definition) is 2. The number of Topliss-reactive ketones (excluding diaryl/α,β-unsaturated/α-hetero) is 1. The van der Waals surface area contributed by atoms with Crippen LogP contribution in [-0.4, -0.2) is 16.9 Å². The molecule has 3 heteroatoms. The fraction of sp³-hybridized carbons (Fsp3) is 0.615. The number of carboxylic acids is 1. The lowest BCUT2D eigenvalue weighted by Crippen LogP contribution is -2.15. The van der Waals surface area contributed by atoms with Gasteiger partial charge < -0.3 is 5.11 Å². The molecule has 2 rings (SSSR count). The Balaban J connectivity index is 1.63. The fourth-order valence-electron chi connectivity index (χ4n) is 4.22. The summed E-state index contributed by atoms with van der Waals surface area (Å²) in [6, 6.07) is 6.18. The van der Waals surface area contributed by atoms with Gasteiger partial charge in [-0.3, -0.25) is 4.79 Å². The van der Waals surface area contributed by atoms with Crippen molar-refractivity contribution in [2.24, 2.45) is 0 Å². The molecule has 29 heavy (non-hydrogen) atoms. The van der Waals surface area contributed by atoms with Crippen LogP contribution in [0, 0.1) is 0 Å². The normalized spacial score (nSPS) is 14.9. The number of hydrogen-bond donors (Lipinski definition) is 1. The van der Waals surface area contributed by atoms with E-state index >= 15 is 0 Å². The summed E-state index contributed by atoms with van der Waals surface area (Å²) in [6.07, 6.45) is 19.4. The summed E-state index contributed by atoms with van der Waals surface area (Å²) in [5.74, 6) is -1.14. The predicted molar refractivity (Wildman–Crippen MR) is 120 cm³/mol. The molecule has 0 saturated heterocycles. The number of fused-ring (bicyclic) bond motifs is 1. The Morgan fingerprint density at radius 1 is 0.897 bits per heavy atom. The summed E-state index contributed by atoms with van der Waals surface area (Å²) in [5.41, 5.74) is 3.38. The van der Waals surface area contributed by atoms with Crippen molar-refractivity contribution in [1.82, 2.24) is 0 Å². The number of rotatable bonds is 14. The predicted octanol–water partition coefficient (Wildman–Crippen LogP) is 7.07. The number of aliphatic carboxylic acids is 1. The third-order valence-electron chi connectivity index (χ3n) is 5.99. The highest BCUT2D eigenvalue weighted by molar-refractivity contribution is 6.12. The van der Waals surface area contributed by atoms with Gasteiger partial charge in [0.1, 0.15) is 0 Å². The van der Waals surface area contributed by atoms with Gasteiger partial charge in [0.2, 0.25) is 0 Å². The Morgan fingerprint density at radius 3 is 2.07 bits per heavy atom. The molecule has 3 nitrogen and oxygen atoms in total. The Kier molecular flexibility index (Phi) is 10.8. The van der Waals surface area contributed by atoms with Crippen LogP contribution in [0.1, 0.15) is 112 Å². The van der Waals surface area contributed by atoms with Crippen LogP contribution >= 0.6 is 0 Å². The zero-order chi connectivity index (χ0) is 20.9. The number of carbonyl (C=O) groups excluding carboxylic acids is 1. The molecule has 0 fully saturated rings. The molecule has 0 radical (unpaired) electrons. The van der Waals surface area contributed by atoms with E-state index in [-0.39, 0.29) is 5.78 Å². The van der Waals surface area contributed by atoms with E-state index in [9.17, 15) is 9.59 Å². The van der Waals surface area contributed by atoms with Gasteiger partial charge in [0.25, 0.3) is 0 Å². The van der Waals surface area contributed by atoms with E-state index in [0.29, 0.717) is 17.6 Å². The summed E-state index contributed by atoms with van der Waals surface area (Å²) in [5, 5.41) is 8.94. The molecular formula is C26H38O3. The maximum absolute atomic E-state index is 12.5. The van der Waals surface area contributed by atoms with Crippen molar-refractivity contribution >= 4 is 11.8 Å². The summed E-state index contributed by atoms with van der Waals surface area (Å²) < 4.78 is 0. The van der Waals surface area contributed by atoms with Crippen molar-refractivity contribution in [2.75, 3.05) is 0 Å². The second-order valence-electron chi connectivity index (χ2n) is 8.47. The molecule has 0 heterocycles. The smallest absolute Gasteiger partial charge is 0.328 e. The molecular weight excluding hydrogens is 360 g/mol. The second kappa shape index (κ2) is 13.3. The molecule has 0 aliphatic heterocycles. The maximum atomic E-state index is 12.5. The van der Waals surface area contributed by atoms with Gasteiger partial charge >= 0.3 is 5.97 Å². The van der Waals surface area contributed by atoms with E-state index in [2.05, 4.69) is 19.1 Å². The van der Waals surface area contributed by atoms with Crippen molar-refractivity contribution < 1.29 is 14.7 Å². The number of carboxylic acid groups (broad SMARTS) is 1. The third-order valence-corrected chi connectivity index (χ3v) is 5.99. The molecule has 160 valence electrons. The molecule has 0 atom stereocenters. The standard InChI is InChI=1S/C26H38O3/c1-2-3-4-5-6-7-8-9-10-11-12-13-14-21-15-16-22-17-18-23(20-25(27)28)26(29)24(22)19-21/h15-16,19-20H,2-14,17-18H2,1H3,(H,27,28). The van der Waals surface area contributed by atoms with Crippen LogP contribution in [0.15, 0.2) is 29.8 Å². The van der Waals surface area contributed by atoms with E-state index in [1.54, 1.807) is 0 Å². The topological polar surface area (TPSA) is 54.4 Å². The van der Waals surface area contributed by atoms with E-state index < -0.39 is 5.97 Å².